The highest BCUT2D eigenvalue weighted by Crippen LogP contribution is 2.33. The van der Waals surface area contributed by atoms with Gasteiger partial charge in [0.15, 0.2) is 0 Å². The Hall–Kier alpha value is -2.75. The van der Waals surface area contributed by atoms with Crippen LogP contribution in [0.2, 0.25) is 0 Å². The summed E-state index contributed by atoms with van der Waals surface area (Å²) in [6.45, 7) is 7.58. The highest BCUT2D eigenvalue weighted by atomic mass is 16.3. The summed E-state index contributed by atoms with van der Waals surface area (Å²) in [5.74, 6) is 0.672. The summed E-state index contributed by atoms with van der Waals surface area (Å²) in [6.07, 6.45) is 0. The smallest absolute Gasteiger partial charge is 0.121 e. The predicted octanol–water partition coefficient (Wildman–Crippen LogP) is 4.40. The van der Waals surface area contributed by atoms with Crippen LogP contribution < -0.4 is 0 Å². The van der Waals surface area contributed by atoms with Gasteiger partial charge in [0.1, 0.15) is 11.5 Å². The van der Waals surface area contributed by atoms with Crippen molar-refractivity contribution in [2.24, 2.45) is 7.05 Å². The number of aromatic hydroxyl groups is 2. The molecule has 0 aliphatic carbocycles. The van der Waals surface area contributed by atoms with Gasteiger partial charge in [0.2, 0.25) is 0 Å². The van der Waals surface area contributed by atoms with E-state index in [-0.39, 0.29) is 0 Å². The molecule has 2 N–H and O–H groups in total. The topological polar surface area (TPSA) is 58.3 Å². The zero-order chi connectivity index (χ0) is 17.6. The minimum Gasteiger partial charge on any atom is -0.507 e. The third-order valence-corrected chi connectivity index (χ3v) is 4.45. The highest BCUT2D eigenvalue weighted by Gasteiger charge is 2.13. The third kappa shape index (κ3) is 2.64. The van der Waals surface area contributed by atoms with Gasteiger partial charge in [-0.15, -0.1) is 0 Å². The molecular weight excluding hydrogens is 300 g/mol. The van der Waals surface area contributed by atoms with E-state index in [4.69, 9.17) is 0 Å². The van der Waals surface area contributed by atoms with Gasteiger partial charge in [-0.2, -0.15) is 5.10 Å². The molecule has 2 aromatic carbocycles. The van der Waals surface area contributed by atoms with Crippen LogP contribution in [0.5, 0.6) is 11.5 Å². The van der Waals surface area contributed by atoms with Crippen molar-refractivity contribution in [1.82, 2.24) is 9.78 Å². The molecule has 0 bridgehead atoms. The second kappa shape index (κ2) is 5.71. The molecule has 124 valence electrons. The Morgan fingerprint density at radius 3 is 1.58 bits per heavy atom. The molecule has 1 aromatic heterocycles. The fourth-order valence-corrected chi connectivity index (χ4v) is 3.09. The van der Waals surface area contributed by atoms with Crippen molar-refractivity contribution in [3.63, 3.8) is 0 Å². The molecular formula is C20H22N2O2. The minimum atomic E-state index is 0.333. The van der Waals surface area contributed by atoms with Crippen LogP contribution in [-0.4, -0.2) is 20.0 Å². The number of nitrogens with zero attached hydrogens (tertiary/aromatic N) is 2. The van der Waals surface area contributed by atoms with Crippen LogP contribution in [-0.2, 0) is 7.05 Å². The van der Waals surface area contributed by atoms with Gasteiger partial charge in [0.25, 0.3) is 0 Å². The Kier molecular flexibility index (Phi) is 3.84. The average molecular weight is 322 g/mol. The number of aryl methyl sites for hydroxylation is 5. The first-order valence-corrected chi connectivity index (χ1v) is 7.93. The van der Waals surface area contributed by atoms with Crippen molar-refractivity contribution in [3.05, 3.63) is 52.6 Å². The number of hydrogen-bond acceptors (Lipinski definition) is 3. The summed E-state index contributed by atoms with van der Waals surface area (Å²) < 4.78 is 1.85. The van der Waals surface area contributed by atoms with Gasteiger partial charge in [-0.05, 0) is 80.3 Å². The predicted molar refractivity (Wildman–Crippen MR) is 96.4 cm³/mol. The molecule has 0 aliphatic rings. The molecule has 0 atom stereocenters. The number of aromatic nitrogens is 2. The van der Waals surface area contributed by atoms with E-state index in [1.807, 2.05) is 69.8 Å². The number of benzene rings is 2. The van der Waals surface area contributed by atoms with Gasteiger partial charge < -0.3 is 10.2 Å². The van der Waals surface area contributed by atoms with Gasteiger partial charge >= 0.3 is 0 Å². The first-order chi connectivity index (χ1) is 11.3. The monoisotopic (exact) mass is 322 g/mol. The summed E-state index contributed by atoms with van der Waals surface area (Å²) in [7, 11) is 1.91. The summed E-state index contributed by atoms with van der Waals surface area (Å²) >= 11 is 0. The van der Waals surface area contributed by atoms with E-state index in [9.17, 15) is 10.2 Å². The van der Waals surface area contributed by atoms with E-state index in [1.54, 1.807) is 0 Å². The Morgan fingerprint density at radius 1 is 0.708 bits per heavy atom. The van der Waals surface area contributed by atoms with Crippen molar-refractivity contribution in [2.45, 2.75) is 27.7 Å². The quantitative estimate of drug-likeness (QED) is 0.735. The Balaban J connectivity index is 2.12. The SMILES string of the molecule is Cc1cc(-c2cc(-c3cc(C)c(O)c(C)c3)n(C)n2)cc(C)c1O. The third-order valence-electron chi connectivity index (χ3n) is 4.45. The van der Waals surface area contributed by atoms with E-state index in [1.165, 1.54) is 0 Å². The van der Waals surface area contributed by atoms with Gasteiger partial charge in [-0.3, -0.25) is 4.68 Å². The van der Waals surface area contributed by atoms with Crippen LogP contribution in [0.1, 0.15) is 22.3 Å². The van der Waals surface area contributed by atoms with E-state index >= 15 is 0 Å². The van der Waals surface area contributed by atoms with Gasteiger partial charge in [0.05, 0.1) is 11.4 Å². The number of phenolic OH excluding ortho intramolecular Hbond substituents is 2. The maximum absolute atomic E-state index is 9.97. The lowest BCUT2D eigenvalue weighted by Crippen LogP contribution is -1.95. The standard InChI is InChI=1S/C20H22N2O2/c1-11-6-15(7-12(2)19(11)23)17-10-18(22(5)21-17)16-8-13(3)20(24)14(4)9-16/h6-10,23-24H,1-5H3. The maximum atomic E-state index is 9.97. The Bertz CT molecular complexity index is 893. The number of rotatable bonds is 2. The van der Waals surface area contributed by atoms with Crippen molar-refractivity contribution in [1.29, 1.82) is 0 Å². The summed E-state index contributed by atoms with van der Waals surface area (Å²) in [6, 6.07) is 9.87. The van der Waals surface area contributed by atoms with Crippen LogP contribution in [0.4, 0.5) is 0 Å². The second-order valence-electron chi connectivity index (χ2n) is 6.46. The molecule has 3 aromatic rings. The number of phenols is 2. The lowest BCUT2D eigenvalue weighted by molar-refractivity contribution is 0.466. The Morgan fingerprint density at radius 2 is 1.12 bits per heavy atom. The van der Waals surface area contributed by atoms with Gasteiger partial charge in [-0.1, -0.05) is 0 Å². The average Bonchev–Trinajstić information content (AvgIpc) is 2.91. The molecule has 0 saturated heterocycles. The van der Waals surface area contributed by atoms with E-state index in [0.717, 1.165) is 44.8 Å². The maximum Gasteiger partial charge on any atom is 0.121 e. The lowest BCUT2D eigenvalue weighted by Gasteiger charge is -2.08. The molecule has 4 nitrogen and oxygen atoms in total. The molecule has 24 heavy (non-hydrogen) atoms. The number of hydrogen-bond donors (Lipinski definition) is 2. The van der Waals surface area contributed by atoms with E-state index in [2.05, 4.69) is 5.10 Å². The van der Waals surface area contributed by atoms with Gasteiger partial charge in [-0.25, -0.2) is 0 Å². The van der Waals surface area contributed by atoms with E-state index in [0.29, 0.717) is 11.5 Å². The minimum absolute atomic E-state index is 0.333. The molecule has 3 rings (SSSR count). The van der Waals surface area contributed by atoms with Crippen LogP contribution >= 0.6 is 0 Å². The van der Waals surface area contributed by atoms with Crippen LogP contribution in [0.3, 0.4) is 0 Å². The first-order valence-electron chi connectivity index (χ1n) is 7.93. The van der Waals surface area contributed by atoms with Crippen molar-refractivity contribution < 1.29 is 10.2 Å². The molecule has 4 heteroatoms. The van der Waals surface area contributed by atoms with Crippen LogP contribution in [0, 0.1) is 27.7 Å². The molecule has 0 saturated carbocycles. The Labute approximate surface area is 142 Å². The molecule has 0 fully saturated rings. The van der Waals surface area contributed by atoms with Crippen LogP contribution in [0.15, 0.2) is 30.3 Å². The van der Waals surface area contributed by atoms with Crippen molar-refractivity contribution in [3.8, 4) is 34.0 Å². The van der Waals surface area contributed by atoms with Crippen molar-refractivity contribution >= 4 is 0 Å². The summed E-state index contributed by atoms with van der Waals surface area (Å²) in [5, 5.41) is 24.5. The summed E-state index contributed by atoms with van der Waals surface area (Å²) in [4.78, 5) is 0. The van der Waals surface area contributed by atoms with Gasteiger partial charge in [0, 0.05) is 18.2 Å². The summed E-state index contributed by atoms with van der Waals surface area (Å²) in [5.41, 5.74) is 7.24. The molecule has 0 aliphatic heterocycles. The highest BCUT2D eigenvalue weighted by molar-refractivity contribution is 5.72. The molecule has 0 radical (unpaired) electrons. The zero-order valence-corrected chi connectivity index (χ0v) is 14.7. The molecule has 0 unspecified atom stereocenters. The first kappa shape index (κ1) is 16.1. The van der Waals surface area contributed by atoms with Crippen molar-refractivity contribution in [2.75, 3.05) is 0 Å². The molecule has 0 amide bonds. The molecule has 0 spiro atoms. The van der Waals surface area contributed by atoms with E-state index < -0.39 is 0 Å². The zero-order valence-electron chi connectivity index (χ0n) is 14.7. The fourth-order valence-electron chi connectivity index (χ4n) is 3.09. The normalized spacial score (nSPS) is 11.0. The lowest BCUT2D eigenvalue weighted by atomic mass is 10.0. The second-order valence-corrected chi connectivity index (χ2v) is 6.46. The largest absolute Gasteiger partial charge is 0.507 e. The fraction of sp³-hybridized carbons (Fsp3) is 0.250. The van der Waals surface area contributed by atoms with Crippen LogP contribution in [0.25, 0.3) is 22.5 Å². The molecule has 1 heterocycles.